The lowest BCUT2D eigenvalue weighted by atomic mass is 9.77. The van der Waals surface area contributed by atoms with Gasteiger partial charge in [0.25, 0.3) is 5.91 Å². The van der Waals surface area contributed by atoms with Gasteiger partial charge in [0.05, 0.1) is 11.1 Å². The molecule has 7 heteroatoms. The van der Waals surface area contributed by atoms with E-state index in [2.05, 4.69) is 15.3 Å². The monoisotopic (exact) mass is 317 g/mol. The number of pyridine rings is 1. The summed E-state index contributed by atoms with van der Waals surface area (Å²) < 4.78 is 0. The number of rotatable bonds is 4. The maximum absolute atomic E-state index is 12.4. The predicted molar refractivity (Wildman–Crippen MR) is 81.0 cm³/mol. The molecule has 114 valence electrons. The number of thiazole rings is 1. The van der Waals surface area contributed by atoms with Gasteiger partial charge >= 0.3 is 5.97 Å². The summed E-state index contributed by atoms with van der Waals surface area (Å²) in [5, 5.41) is 14.9. The number of carboxylic acids is 1. The van der Waals surface area contributed by atoms with Crippen LogP contribution in [0.15, 0.2) is 23.7 Å². The molecule has 2 heterocycles. The zero-order valence-corrected chi connectivity index (χ0v) is 12.8. The van der Waals surface area contributed by atoms with Gasteiger partial charge in [0.1, 0.15) is 10.7 Å². The molecule has 0 saturated heterocycles. The first-order valence-corrected chi connectivity index (χ1v) is 7.83. The van der Waals surface area contributed by atoms with Crippen molar-refractivity contribution in [1.29, 1.82) is 0 Å². The summed E-state index contributed by atoms with van der Waals surface area (Å²) in [5.41, 5.74) is 0.663. The number of aromatic nitrogens is 2. The fourth-order valence-electron chi connectivity index (χ4n) is 2.47. The van der Waals surface area contributed by atoms with Gasteiger partial charge in [-0.15, -0.1) is 11.3 Å². The molecule has 2 aromatic rings. The van der Waals surface area contributed by atoms with Crippen LogP contribution in [0.4, 0.5) is 0 Å². The molecule has 0 aromatic carbocycles. The maximum atomic E-state index is 12.4. The topological polar surface area (TPSA) is 92.2 Å². The Morgan fingerprint density at radius 3 is 2.73 bits per heavy atom. The molecule has 0 aliphatic heterocycles. The van der Waals surface area contributed by atoms with Gasteiger partial charge in [-0.1, -0.05) is 0 Å². The van der Waals surface area contributed by atoms with Crippen molar-refractivity contribution in [2.24, 2.45) is 0 Å². The first-order chi connectivity index (χ1) is 10.5. The van der Waals surface area contributed by atoms with E-state index in [-0.39, 0.29) is 17.2 Å². The number of carbonyl (C=O) groups is 2. The number of aryl methyl sites for hydroxylation is 1. The fourth-order valence-corrected chi connectivity index (χ4v) is 3.48. The zero-order chi connectivity index (χ0) is 15.7. The molecule has 1 fully saturated rings. The third-order valence-corrected chi connectivity index (χ3v) is 4.99. The number of hydrogen-bond acceptors (Lipinski definition) is 5. The van der Waals surface area contributed by atoms with Crippen LogP contribution in [0.25, 0.3) is 0 Å². The number of hydrogen-bond donors (Lipinski definition) is 2. The first-order valence-electron chi connectivity index (χ1n) is 6.95. The summed E-state index contributed by atoms with van der Waals surface area (Å²) >= 11 is 1.54. The van der Waals surface area contributed by atoms with E-state index >= 15 is 0 Å². The van der Waals surface area contributed by atoms with Crippen LogP contribution in [0.1, 0.15) is 50.8 Å². The molecule has 1 amide bonds. The van der Waals surface area contributed by atoms with E-state index < -0.39 is 11.5 Å². The van der Waals surface area contributed by atoms with Gasteiger partial charge < -0.3 is 10.4 Å². The summed E-state index contributed by atoms with van der Waals surface area (Å²) in [7, 11) is 0. The summed E-state index contributed by atoms with van der Waals surface area (Å²) in [4.78, 5) is 31.9. The Morgan fingerprint density at radius 2 is 2.18 bits per heavy atom. The number of nitrogens with one attached hydrogen (secondary N) is 1. The summed E-state index contributed by atoms with van der Waals surface area (Å²) in [6, 6.07) is 2.65. The maximum Gasteiger partial charge on any atom is 0.335 e. The molecular formula is C15H15N3O3S. The van der Waals surface area contributed by atoms with Crippen molar-refractivity contribution in [3.63, 3.8) is 0 Å². The van der Waals surface area contributed by atoms with Crippen LogP contribution in [0.2, 0.25) is 0 Å². The quantitative estimate of drug-likeness (QED) is 0.903. The molecule has 0 atom stereocenters. The molecule has 0 spiro atoms. The Morgan fingerprint density at radius 1 is 1.41 bits per heavy atom. The predicted octanol–water partition coefficient (Wildman–Crippen LogP) is 2.35. The molecular weight excluding hydrogens is 302 g/mol. The van der Waals surface area contributed by atoms with Crippen molar-refractivity contribution >= 4 is 23.2 Å². The van der Waals surface area contributed by atoms with Crippen LogP contribution >= 0.6 is 11.3 Å². The van der Waals surface area contributed by atoms with E-state index in [9.17, 15) is 9.59 Å². The third-order valence-electron chi connectivity index (χ3n) is 3.83. The van der Waals surface area contributed by atoms with E-state index in [0.29, 0.717) is 0 Å². The normalized spacial score (nSPS) is 15.9. The van der Waals surface area contributed by atoms with Crippen LogP contribution < -0.4 is 5.32 Å². The zero-order valence-electron chi connectivity index (χ0n) is 12.0. The molecule has 22 heavy (non-hydrogen) atoms. The summed E-state index contributed by atoms with van der Waals surface area (Å²) in [6.07, 6.45) is 4.04. The van der Waals surface area contributed by atoms with Crippen molar-refractivity contribution in [2.45, 2.75) is 31.7 Å². The largest absolute Gasteiger partial charge is 0.478 e. The van der Waals surface area contributed by atoms with Crippen LogP contribution in [0, 0.1) is 6.92 Å². The lowest BCUT2D eigenvalue weighted by Crippen LogP contribution is -2.51. The minimum absolute atomic E-state index is 0.0490. The highest BCUT2D eigenvalue weighted by atomic mass is 32.1. The minimum atomic E-state index is -1.08. The highest BCUT2D eigenvalue weighted by Gasteiger charge is 2.42. The number of aromatic carboxylic acids is 1. The molecule has 0 unspecified atom stereocenters. The smallest absolute Gasteiger partial charge is 0.335 e. The fraction of sp³-hybridized carbons (Fsp3) is 0.333. The Balaban J connectivity index is 1.84. The van der Waals surface area contributed by atoms with Gasteiger partial charge in [0.2, 0.25) is 0 Å². The summed E-state index contributed by atoms with van der Waals surface area (Å²) in [5.74, 6) is -1.44. The van der Waals surface area contributed by atoms with E-state index in [1.54, 1.807) is 0 Å². The molecule has 1 saturated carbocycles. The molecule has 2 aromatic heterocycles. The molecule has 0 bridgehead atoms. The highest BCUT2D eigenvalue weighted by molar-refractivity contribution is 7.09. The van der Waals surface area contributed by atoms with Crippen molar-refractivity contribution in [3.8, 4) is 0 Å². The van der Waals surface area contributed by atoms with Gasteiger partial charge in [0, 0.05) is 17.3 Å². The lowest BCUT2D eigenvalue weighted by Gasteiger charge is -2.40. The number of carbonyl (C=O) groups excluding carboxylic acids is 1. The SMILES string of the molecule is Cc1csc(C2(NC(=O)c3cc(C(=O)O)ccn3)CCC2)n1. The minimum Gasteiger partial charge on any atom is -0.478 e. The summed E-state index contributed by atoms with van der Waals surface area (Å²) in [6.45, 7) is 1.92. The second kappa shape index (κ2) is 5.49. The molecule has 3 rings (SSSR count). The Labute approximate surface area is 131 Å². The van der Waals surface area contributed by atoms with Crippen molar-refractivity contribution in [3.05, 3.63) is 45.7 Å². The number of amides is 1. The van der Waals surface area contributed by atoms with Crippen LogP contribution in [-0.4, -0.2) is 27.0 Å². The van der Waals surface area contributed by atoms with Gasteiger partial charge in [-0.25, -0.2) is 9.78 Å². The molecule has 6 nitrogen and oxygen atoms in total. The van der Waals surface area contributed by atoms with Gasteiger partial charge in [-0.3, -0.25) is 9.78 Å². The third kappa shape index (κ3) is 2.59. The van der Waals surface area contributed by atoms with Gasteiger partial charge in [-0.05, 0) is 38.3 Å². The first kappa shape index (κ1) is 14.6. The van der Waals surface area contributed by atoms with Crippen molar-refractivity contribution in [2.75, 3.05) is 0 Å². The second-order valence-electron chi connectivity index (χ2n) is 5.42. The number of nitrogens with zero attached hydrogens (tertiary/aromatic N) is 2. The lowest BCUT2D eigenvalue weighted by molar-refractivity contribution is 0.0696. The van der Waals surface area contributed by atoms with Crippen molar-refractivity contribution in [1.82, 2.24) is 15.3 Å². The van der Waals surface area contributed by atoms with Crippen LogP contribution in [0.3, 0.4) is 0 Å². The Bertz CT molecular complexity index is 737. The Hall–Kier alpha value is -2.28. The van der Waals surface area contributed by atoms with Gasteiger partial charge in [-0.2, -0.15) is 0 Å². The van der Waals surface area contributed by atoms with E-state index in [1.165, 1.54) is 29.7 Å². The van der Waals surface area contributed by atoms with E-state index in [1.807, 2.05) is 12.3 Å². The average Bonchev–Trinajstić information content (AvgIpc) is 2.89. The van der Waals surface area contributed by atoms with E-state index in [4.69, 9.17) is 5.11 Å². The van der Waals surface area contributed by atoms with Gasteiger partial charge in [0.15, 0.2) is 0 Å². The average molecular weight is 317 g/mol. The van der Waals surface area contributed by atoms with Crippen molar-refractivity contribution < 1.29 is 14.7 Å². The van der Waals surface area contributed by atoms with Crippen LogP contribution in [0.5, 0.6) is 0 Å². The number of carboxylic acid groups (broad SMARTS) is 1. The molecule has 2 N–H and O–H groups in total. The van der Waals surface area contributed by atoms with E-state index in [0.717, 1.165) is 30.0 Å². The van der Waals surface area contributed by atoms with Crippen LogP contribution in [-0.2, 0) is 5.54 Å². The standard InChI is InChI=1S/C15H15N3O3S/c1-9-8-22-14(17-9)15(4-2-5-15)18-12(19)11-7-10(13(20)21)3-6-16-11/h3,6-8H,2,4-5H2,1H3,(H,18,19)(H,20,21). The second-order valence-corrected chi connectivity index (χ2v) is 6.28. The highest BCUT2D eigenvalue weighted by Crippen LogP contribution is 2.42. The molecule has 1 aliphatic carbocycles. The Kier molecular flexibility index (Phi) is 3.66. The molecule has 0 radical (unpaired) electrons. The molecule has 1 aliphatic rings.